The lowest BCUT2D eigenvalue weighted by atomic mass is 10.5. The summed E-state index contributed by atoms with van der Waals surface area (Å²) >= 11 is 0. The van der Waals surface area contributed by atoms with Crippen molar-refractivity contribution in [2.75, 3.05) is 0 Å². The SMILES string of the molecule is C1=CC=COC=C1.CC.CC. The molecule has 0 aliphatic carbocycles. The van der Waals surface area contributed by atoms with Crippen molar-refractivity contribution < 1.29 is 4.74 Å². The van der Waals surface area contributed by atoms with Gasteiger partial charge in [-0.2, -0.15) is 0 Å². The van der Waals surface area contributed by atoms with Crippen LogP contribution in [0.15, 0.2) is 36.8 Å². The van der Waals surface area contributed by atoms with Gasteiger partial charge in [0.15, 0.2) is 0 Å². The second-order valence-electron chi connectivity index (χ2n) is 1.18. The summed E-state index contributed by atoms with van der Waals surface area (Å²) in [7, 11) is 0. The third-order valence-electron chi connectivity index (χ3n) is 0.648. The zero-order valence-electron chi connectivity index (χ0n) is 7.87. The number of ether oxygens (including phenoxy) is 1. The molecule has 1 heterocycles. The van der Waals surface area contributed by atoms with E-state index in [1.54, 1.807) is 12.5 Å². The van der Waals surface area contributed by atoms with E-state index in [0.717, 1.165) is 0 Å². The van der Waals surface area contributed by atoms with Crippen LogP contribution >= 0.6 is 0 Å². The van der Waals surface area contributed by atoms with E-state index in [-0.39, 0.29) is 0 Å². The van der Waals surface area contributed by atoms with Gasteiger partial charge in [0.05, 0.1) is 12.5 Å². The van der Waals surface area contributed by atoms with Gasteiger partial charge in [-0.25, -0.2) is 0 Å². The Labute approximate surface area is 70.1 Å². The van der Waals surface area contributed by atoms with Crippen molar-refractivity contribution in [1.29, 1.82) is 0 Å². The molecule has 1 rings (SSSR count). The summed E-state index contributed by atoms with van der Waals surface area (Å²) in [5.74, 6) is 0. The van der Waals surface area contributed by atoms with Gasteiger partial charge in [-0.3, -0.25) is 0 Å². The van der Waals surface area contributed by atoms with E-state index in [1.165, 1.54) is 0 Å². The van der Waals surface area contributed by atoms with Crippen LogP contribution in [0.25, 0.3) is 0 Å². The molecule has 0 amide bonds. The summed E-state index contributed by atoms with van der Waals surface area (Å²) in [5, 5.41) is 0. The molecule has 0 saturated carbocycles. The van der Waals surface area contributed by atoms with E-state index >= 15 is 0 Å². The predicted octanol–water partition coefficient (Wildman–Crippen LogP) is 3.65. The smallest absolute Gasteiger partial charge is 0.0901 e. The Morgan fingerprint density at radius 2 is 1.00 bits per heavy atom. The summed E-state index contributed by atoms with van der Waals surface area (Å²) in [6, 6.07) is 0. The molecule has 0 aromatic heterocycles. The first-order valence-electron chi connectivity index (χ1n) is 4.14. The Morgan fingerprint density at radius 1 is 0.636 bits per heavy atom. The minimum absolute atomic E-state index is 1.62. The van der Waals surface area contributed by atoms with Gasteiger partial charge >= 0.3 is 0 Å². The van der Waals surface area contributed by atoms with Crippen molar-refractivity contribution in [2.45, 2.75) is 27.7 Å². The zero-order valence-corrected chi connectivity index (χ0v) is 7.87. The van der Waals surface area contributed by atoms with E-state index < -0.39 is 0 Å². The lowest BCUT2D eigenvalue weighted by Gasteiger charge is -1.79. The monoisotopic (exact) mass is 154 g/mol. The van der Waals surface area contributed by atoms with Crippen LogP contribution in [0.2, 0.25) is 0 Å². The normalized spacial score (nSPS) is 11.3. The standard InChI is InChI=1S/C6H6O.2C2H6/c1-2-4-6-7-5-3-1;2*1-2/h1-6H;2*1-2H3. The molecule has 0 radical (unpaired) electrons. The minimum Gasteiger partial charge on any atom is -0.473 e. The third-order valence-corrected chi connectivity index (χ3v) is 0.648. The average Bonchev–Trinajstić information content (AvgIpc) is 2.42. The van der Waals surface area contributed by atoms with E-state index in [0.29, 0.717) is 0 Å². The van der Waals surface area contributed by atoms with Gasteiger partial charge in [0.25, 0.3) is 0 Å². The van der Waals surface area contributed by atoms with Crippen LogP contribution < -0.4 is 0 Å². The van der Waals surface area contributed by atoms with E-state index in [4.69, 9.17) is 4.74 Å². The number of allylic oxidation sites excluding steroid dienone is 4. The molecule has 0 saturated heterocycles. The number of hydrogen-bond acceptors (Lipinski definition) is 1. The van der Waals surface area contributed by atoms with Crippen molar-refractivity contribution in [2.24, 2.45) is 0 Å². The zero-order chi connectivity index (χ0) is 8.95. The Morgan fingerprint density at radius 3 is 1.36 bits per heavy atom. The highest BCUT2D eigenvalue weighted by Crippen LogP contribution is 1.88. The summed E-state index contributed by atoms with van der Waals surface area (Å²) in [4.78, 5) is 0. The van der Waals surface area contributed by atoms with Gasteiger partial charge in [-0.1, -0.05) is 39.8 Å². The molecule has 1 heteroatoms. The molecular weight excluding hydrogens is 136 g/mol. The first-order chi connectivity index (χ1) is 5.50. The third kappa shape index (κ3) is 12.3. The maximum Gasteiger partial charge on any atom is 0.0901 e. The van der Waals surface area contributed by atoms with E-state index in [1.807, 2.05) is 52.0 Å². The fourth-order valence-electron chi connectivity index (χ4n) is 0.355. The topological polar surface area (TPSA) is 9.23 Å². The van der Waals surface area contributed by atoms with Crippen molar-refractivity contribution in [1.82, 2.24) is 0 Å². The highest BCUT2D eigenvalue weighted by Gasteiger charge is 1.69. The van der Waals surface area contributed by atoms with Gasteiger partial charge in [0.1, 0.15) is 0 Å². The molecule has 1 nitrogen and oxygen atoms in total. The fraction of sp³-hybridized carbons (Fsp3) is 0.400. The van der Waals surface area contributed by atoms with Crippen molar-refractivity contribution in [3.8, 4) is 0 Å². The van der Waals surface area contributed by atoms with Gasteiger partial charge < -0.3 is 4.74 Å². The molecule has 0 N–H and O–H groups in total. The van der Waals surface area contributed by atoms with Gasteiger partial charge in [-0.05, 0) is 12.2 Å². The van der Waals surface area contributed by atoms with Gasteiger partial charge in [-0.15, -0.1) is 0 Å². The first kappa shape index (κ1) is 12.7. The molecule has 1 aliphatic rings. The highest BCUT2D eigenvalue weighted by molar-refractivity contribution is 5.11. The average molecular weight is 154 g/mol. The van der Waals surface area contributed by atoms with Crippen LogP contribution in [-0.2, 0) is 4.74 Å². The predicted molar refractivity (Wildman–Crippen MR) is 51.2 cm³/mol. The molecule has 0 fully saturated rings. The van der Waals surface area contributed by atoms with Crippen LogP contribution in [0.3, 0.4) is 0 Å². The van der Waals surface area contributed by atoms with Crippen LogP contribution in [0.5, 0.6) is 0 Å². The molecule has 1 aliphatic heterocycles. The van der Waals surface area contributed by atoms with Crippen molar-refractivity contribution >= 4 is 0 Å². The summed E-state index contributed by atoms with van der Waals surface area (Å²) < 4.78 is 4.77. The van der Waals surface area contributed by atoms with Crippen LogP contribution in [0, 0.1) is 0 Å². The van der Waals surface area contributed by atoms with Crippen LogP contribution in [0.1, 0.15) is 27.7 Å². The van der Waals surface area contributed by atoms with Crippen molar-refractivity contribution in [3.05, 3.63) is 36.8 Å². The molecule has 64 valence electrons. The molecule has 0 aromatic rings. The molecule has 0 atom stereocenters. The number of hydrogen-bond donors (Lipinski definition) is 0. The molecule has 0 aromatic carbocycles. The molecule has 11 heavy (non-hydrogen) atoms. The number of rotatable bonds is 0. The second kappa shape index (κ2) is 16.0. The fourth-order valence-corrected chi connectivity index (χ4v) is 0.355. The molecule has 0 spiro atoms. The summed E-state index contributed by atoms with van der Waals surface area (Å²) in [6.45, 7) is 8.00. The Kier molecular flexibility index (Phi) is 18.4. The molecule has 0 unspecified atom stereocenters. The Hall–Kier alpha value is -0.980. The first-order valence-corrected chi connectivity index (χ1v) is 4.14. The molecular formula is C10H18O. The maximum atomic E-state index is 4.77. The lowest BCUT2D eigenvalue weighted by molar-refractivity contribution is 0.404. The summed E-state index contributed by atoms with van der Waals surface area (Å²) in [5.41, 5.74) is 0. The summed E-state index contributed by atoms with van der Waals surface area (Å²) in [6.07, 6.45) is 10.7. The molecule has 0 bridgehead atoms. The van der Waals surface area contributed by atoms with Crippen molar-refractivity contribution in [3.63, 3.8) is 0 Å². The maximum absolute atomic E-state index is 4.77. The quantitative estimate of drug-likeness (QED) is 0.517. The lowest BCUT2D eigenvalue weighted by Crippen LogP contribution is -1.56. The van der Waals surface area contributed by atoms with E-state index in [9.17, 15) is 0 Å². The largest absolute Gasteiger partial charge is 0.473 e. The Bertz CT molecular complexity index is 107. The van der Waals surface area contributed by atoms with Gasteiger partial charge in [0.2, 0.25) is 0 Å². The van der Waals surface area contributed by atoms with Crippen LogP contribution in [-0.4, -0.2) is 0 Å². The minimum atomic E-state index is 1.62. The van der Waals surface area contributed by atoms with Gasteiger partial charge in [0, 0.05) is 0 Å². The highest BCUT2D eigenvalue weighted by atomic mass is 16.5. The van der Waals surface area contributed by atoms with Crippen LogP contribution in [0.4, 0.5) is 0 Å². The second-order valence-corrected chi connectivity index (χ2v) is 1.18. The Balaban J connectivity index is 0. The van der Waals surface area contributed by atoms with E-state index in [2.05, 4.69) is 0 Å².